The Labute approximate surface area is 261 Å². The summed E-state index contributed by atoms with van der Waals surface area (Å²) in [4.78, 5) is 42.8. The Morgan fingerprint density at radius 3 is 2.49 bits per heavy atom. The maximum atomic E-state index is 13.5. The van der Waals surface area contributed by atoms with Crippen LogP contribution in [0.4, 0.5) is 5.69 Å². The predicted molar refractivity (Wildman–Crippen MR) is 158 cm³/mol. The molecule has 12 heteroatoms. The highest BCUT2D eigenvalue weighted by atomic mass is 16.6. The van der Waals surface area contributed by atoms with E-state index >= 15 is 0 Å². The zero-order valence-corrected chi connectivity index (χ0v) is 26.2. The largest absolute Gasteiger partial charge is 0.462 e. The molecule has 1 heterocycles. The van der Waals surface area contributed by atoms with Crippen molar-refractivity contribution in [2.75, 3.05) is 33.3 Å². The molecule has 5 saturated carbocycles. The van der Waals surface area contributed by atoms with Crippen LogP contribution in [-0.2, 0) is 33.3 Å². The lowest BCUT2D eigenvalue weighted by molar-refractivity contribution is -0.292. The quantitative estimate of drug-likeness (QED) is 0.363. The molecule has 13 atom stereocenters. The fourth-order valence-electron chi connectivity index (χ4n) is 11.2. The number of hydrogen-bond acceptors (Lipinski definition) is 11. The van der Waals surface area contributed by atoms with Gasteiger partial charge in [0.1, 0.15) is 23.9 Å². The molecule has 7 rings (SSSR count). The van der Waals surface area contributed by atoms with E-state index in [-0.39, 0.29) is 42.4 Å². The van der Waals surface area contributed by atoms with Crippen LogP contribution >= 0.6 is 0 Å². The molecule has 244 valence electrons. The van der Waals surface area contributed by atoms with E-state index in [9.17, 15) is 24.6 Å². The Kier molecular flexibility index (Phi) is 7.04. The van der Waals surface area contributed by atoms with Crippen molar-refractivity contribution in [2.45, 2.75) is 81.2 Å². The van der Waals surface area contributed by atoms with Crippen molar-refractivity contribution >= 4 is 29.7 Å². The Bertz CT molecular complexity index is 1450. The van der Waals surface area contributed by atoms with E-state index in [2.05, 4.69) is 5.32 Å². The van der Waals surface area contributed by atoms with Gasteiger partial charge in [0, 0.05) is 76.4 Å². The predicted octanol–water partition coefficient (Wildman–Crippen LogP) is 1.76. The lowest BCUT2D eigenvalue weighted by Crippen LogP contribution is -2.77. The van der Waals surface area contributed by atoms with Gasteiger partial charge >= 0.3 is 11.9 Å². The van der Waals surface area contributed by atoms with Crippen molar-refractivity contribution in [1.29, 1.82) is 0 Å². The summed E-state index contributed by atoms with van der Waals surface area (Å²) >= 11 is 0. The molecule has 6 aliphatic rings. The number of esters is 2. The summed E-state index contributed by atoms with van der Waals surface area (Å²) in [5.41, 5.74) is -4.72. The molecule has 3 N–H and O–H groups in total. The Hall–Kier alpha value is -2.90. The first kappa shape index (κ1) is 30.7. The third kappa shape index (κ3) is 3.71. The van der Waals surface area contributed by atoms with Crippen LogP contribution in [0, 0.1) is 34.5 Å². The van der Waals surface area contributed by atoms with Crippen molar-refractivity contribution in [3.05, 3.63) is 29.8 Å². The normalized spacial score (nSPS) is 46.4. The number of aliphatic hydroxyl groups is 2. The zero-order chi connectivity index (χ0) is 32.1. The van der Waals surface area contributed by atoms with Gasteiger partial charge in [-0.1, -0.05) is 12.1 Å². The van der Waals surface area contributed by atoms with Crippen molar-refractivity contribution in [2.24, 2.45) is 39.5 Å². The van der Waals surface area contributed by atoms with E-state index in [4.69, 9.17) is 28.7 Å². The first-order chi connectivity index (χ1) is 21.4. The topological polar surface area (TPSA) is 162 Å². The van der Waals surface area contributed by atoms with Crippen LogP contribution in [0.1, 0.15) is 49.9 Å². The molecule has 5 aliphatic carbocycles. The van der Waals surface area contributed by atoms with Gasteiger partial charge in [-0.2, -0.15) is 0 Å². The number of methoxy groups -OCH3 is 3. The number of aliphatic imine (C=N–C) groups is 1. The van der Waals surface area contributed by atoms with Gasteiger partial charge in [-0.05, 0) is 37.3 Å². The fraction of sp³-hybridized carbons (Fsp3) is 0.697. The molecule has 12 nitrogen and oxygen atoms in total. The van der Waals surface area contributed by atoms with Crippen LogP contribution < -0.4 is 5.32 Å². The molecule has 45 heavy (non-hydrogen) atoms. The maximum absolute atomic E-state index is 13.5. The van der Waals surface area contributed by atoms with E-state index < -0.39 is 70.2 Å². The highest BCUT2D eigenvalue weighted by molar-refractivity contribution is 6.00. The smallest absolute Gasteiger partial charge is 0.340 e. The minimum atomic E-state index is -1.88. The van der Waals surface area contributed by atoms with Gasteiger partial charge in [-0.3, -0.25) is 14.6 Å². The summed E-state index contributed by atoms with van der Waals surface area (Å²) in [6, 6.07) is 5.89. The Balaban J connectivity index is 1.34. The number of fused-ring (bicyclic) bond motifs is 2. The number of nitrogens with zero attached hydrogens (tertiary/aromatic N) is 1. The number of carbonyl (C=O) groups excluding carboxylic acids is 3. The number of para-hydroxylation sites is 1. The van der Waals surface area contributed by atoms with Gasteiger partial charge in [0.25, 0.3) is 0 Å². The minimum Gasteiger partial charge on any atom is -0.462 e. The monoisotopic (exact) mass is 626 g/mol. The summed E-state index contributed by atoms with van der Waals surface area (Å²) in [5, 5.41) is 28.6. The summed E-state index contributed by atoms with van der Waals surface area (Å²) in [5.74, 6) is -2.86. The second-order valence-electron chi connectivity index (χ2n) is 13.9. The SMILES string of the molecule is CO[C@H]1C[C@@]2(O)[C@H]3[C@@H](OC(C)=O)[C@@H]1C[C@H]3[C@@]13[C@@H](OC)CC[C@@]4(COC(=O)c5ccccc5NC(C)=O)C=N[C@@H]1[C@]2(O)[C@@H](OC)[C@H]43. The van der Waals surface area contributed by atoms with Gasteiger partial charge in [0.2, 0.25) is 5.91 Å². The number of hydrogen-bond donors (Lipinski definition) is 3. The van der Waals surface area contributed by atoms with E-state index in [1.165, 1.54) is 21.0 Å². The molecule has 7 bridgehead atoms. The minimum absolute atomic E-state index is 0.0530. The van der Waals surface area contributed by atoms with Gasteiger partial charge in [0.15, 0.2) is 0 Å². The zero-order valence-electron chi connectivity index (χ0n) is 26.2. The molecule has 0 radical (unpaired) electrons. The van der Waals surface area contributed by atoms with Crippen molar-refractivity contribution in [3.8, 4) is 0 Å². The average molecular weight is 627 g/mol. The van der Waals surface area contributed by atoms with Crippen LogP contribution in [0.3, 0.4) is 0 Å². The van der Waals surface area contributed by atoms with Crippen molar-refractivity contribution < 1.29 is 48.3 Å². The standard InChI is InChI=1S/C33H42N2O10/c1-16(36)35-21-9-7-6-8-18(21)28(38)44-15-30-11-10-23(42-4)32-20-12-19-22(41-3)13-31(39,24(20)25(19)45-17(2)37)33(40,29(32)34-14-30)27(43-5)26(30)32/h6-9,14,19-20,22-27,29,39-40H,10-13,15H2,1-5H3,(H,35,36)/t19-,20-,22+,23+,24-,25+,26-,27+,29+,30+,31-,32+,33-/m1/s1. The lowest BCUT2D eigenvalue weighted by atomic mass is 9.44. The number of ether oxygens (including phenoxy) is 5. The fourth-order valence-corrected chi connectivity index (χ4v) is 11.2. The van der Waals surface area contributed by atoms with Crippen LogP contribution in [0.5, 0.6) is 0 Å². The summed E-state index contributed by atoms with van der Waals surface area (Å²) in [6.45, 7) is 2.67. The third-order valence-corrected chi connectivity index (χ3v) is 12.4. The number of rotatable bonds is 8. The molecule has 1 spiro atoms. The van der Waals surface area contributed by atoms with Gasteiger partial charge in [-0.25, -0.2) is 4.79 Å². The number of carbonyl (C=O) groups is 3. The van der Waals surface area contributed by atoms with Crippen LogP contribution in [0.2, 0.25) is 0 Å². The molecule has 0 unspecified atom stereocenters. The first-order valence-electron chi connectivity index (χ1n) is 15.7. The van der Waals surface area contributed by atoms with Crippen molar-refractivity contribution in [1.82, 2.24) is 0 Å². The second-order valence-corrected chi connectivity index (χ2v) is 13.9. The third-order valence-electron chi connectivity index (χ3n) is 12.4. The van der Waals surface area contributed by atoms with Gasteiger partial charge in [0.05, 0.1) is 35.6 Å². The molecular weight excluding hydrogens is 584 g/mol. The lowest BCUT2D eigenvalue weighted by Gasteiger charge is -2.65. The number of benzene rings is 1. The van der Waals surface area contributed by atoms with Crippen LogP contribution in [0.25, 0.3) is 0 Å². The van der Waals surface area contributed by atoms with Crippen LogP contribution in [-0.4, -0.2) is 104 Å². The molecule has 0 saturated heterocycles. The Morgan fingerprint density at radius 2 is 1.82 bits per heavy atom. The number of anilines is 1. The number of amides is 1. The first-order valence-corrected chi connectivity index (χ1v) is 15.7. The Morgan fingerprint density at radius 1 is 1.07 bits per heavy atom. The molecule has 1 aromatic rings. The van der Waals surface area contributed by atoms with Crippen molar-refractivity contribution in [3.63, 3.8) is 0 Å². The van der Waals surface area contributed by atoms with E-state index in [0.29, 0.717) is 24.9 Å². The maximum Gasteiger partial charge on any atom is 0.340 e. The van der Waals surface area contributed by atoms with E-state index in [1.807, 2.05) is 6.21 Å². The molecule has 1 amide bonds. The van der Waals surface area contributed by atoms with Crippen LogP contribution in [0.15, 0.2) is 29.3 Å². The molecule has 0 aromatic heterocycles. The highest BCUT2D eigenvalue weighted by Gasteiger charge is 2.91. The second kappa shape index (κ2) is 10.3. The molecule has 1 aliphatic heterocycles. The van der Waals surface area contributed by atoms with Gasteiger partial charge in [-0.15, -0.1) is 0 Å². The molecular formula is C33H42N2O10. The van der Waals surface area contributed by atoms with Gasteiger partial charge < -0.3 is 39.2 Å². The number of nitrogens with one attached hydrogen (secondary N) is 1. The highest BCUT2D eigenvalue weighted by Crippen LogP contribution is 2.79. The van der Waals surface area contributed by atoms with E-state index in [1.54, 1.807) is 38.5 Å². The average Bonchev–Trinajstić information content (AvgIpc) is 3.37. The van der Waals surface area contributed by atoms with E-state index in [0.717, 1.165) is 0 Å². The summed E-state index contributed by atoms with van der Waals surface area (Å²) in [6.07, 6.45) is 1.28. The molecule has 1 aromatic carbocycles. The molecule has 5 fully saturated rings. The summed E-state index contributed by atoms with van der Waals surface area (Å²) < 4.78 is 30.4. The summed E-state index contributed by atoms with van der Waals surface area (Å²) in [7, 11) is 4.76.